The molecule has 2 N–H and O–H groups in total. The van der Waals surface area contributed by atoms with Crippen molar-refractivity contribution in [3.8, 4) is 0 Å². The number of nitrogens with one attached hydrogen (secondary N) is 2. The van der Waals surface area contributed by atoms with E-state index in [0.29, 0.717) is 6.04 Å². The number of hydrogen-bond donors (Lipinski definition) is 2. The van der Waals surface area contributed by atoms with Crippen molar-refractivity contribution >= 4 is 41.3 Å². The molecule has 0 bridgehead atoms. The Balaban J connectivity index is 0.00000300. The van der Waals surface area contributed by atoms with E-state index in [-0.39, 0.29) is 24.0 Å². The summed E-state index contributed by atoms with van der Waals surface area (Å²) in [6.07, 6.45) is 7.81. The Bertz CT molecular complexity index is 769. The summed E-state index contributed by atoms with van der Waals surface area (Å²) in [4.78, 5) is 7.56. The third kappa shape index (κ3) is 7.55. The minimum atomic E-state index is 0. The summed E-state index contributed by atoms with van der Waals surface area (Å²) < 4.78 is 2.34. The van der Waals surface area contributed by atoms with E-state index in [0.717, 1.165) is 57.1 Å². The van der Waals surface area contributed by atoms with Crippen molar-refractivity contribution in [1.82, 2.24) is 25.4 Å². The molecule has 0 amide bonds. The number of thiophene rings is 1. The molecule has 6 nitrogen and oxygen atoms in total. The second kappa shape index (κ2) is 12.5. The van der Waals surface area contributed by atoms with Crippen LogP contribution in [0.15, 0.2) is 17.1 Å². The number of halogens is 1. The highest BCUT2D eigenvalue weighted by Gasteiger charge is 2.14. The van der Waals surface area contributed by atoms with Crippen LogP contribution in [0, 0.1) is 6.92 Å². The van der Waals surface area contributed by atoms with Gasteiger partial charge in [0.1, 0.15) is 11.6 Å². The lowest BCUT2D eigenvalue weighted by Crippen LogP contribution is -2.43. The van der Waals surface area contributed by atoms with Crippen molar-refractivity contribution in [2.24, 2.45) is 4.99 Å². The van der Waals surface area contributed by atoms with Crippen LogP contribution in [-0.4, -0.2) is 39.9 Å². The molecule has 2 aromatic heterocycles. The molecule has 0 saturated heterocycles. The molecule has 1 aliphatic rings. The fourth-order valence-electron chi connectivity index (χ4n) is 3.66. The number of aliphatic imine (C=N–C) groups is 1. The molecule has 8 heteroatoms. The maximum Gasteiger partial charge on any atom is 0.191 e. The monoisotopic (exact) mass is 530 g/mol. The zero-order valence-electron chi connectivity index (χ0n) is 17.9. The fourth-order valence-corrected chi connectivity index (χ4v) is 4.68. The van der Waals surface area contributed by atoms with E-state index in [2.05, 4.69) is 58.3 Å². The van der Waals surface area contributed by atoms with Gasteiger partial charge in [0.2, 0.25) is 0 Å². The number of aromatic nitrogens is 3. The molecule has 1 unspecified atom stereocenters. The van der Waals surface area contributed by atoms with Crippen LogP contribution in [0.1, 0.15) is 60.9 Å². The highest BCUT2D eigenvalue weighted by molar-refractivity contribution is 14.0. The molecular weight excluding hydrogens is 495 g/mol. The van der Waals surface area contributed by atoms with Crippen LogP contribution >= 0.6 is 35.3 Å². The number of fused-ring (bicyclic) bond motifs is 1. The van der Waals surface area contributed by atoms with Crippen molar-refractivity contribution in [2.75, 3.05) is 13.1 Å². The van der Waals surface area contributed by atoms with E-state index in [1.54, 1.807) is 0 Å². The van der Waals surface area contributed by atoms with Gasteiger partial charge in [-0.2, -0.15) is 0 Å². The molecule has 3 rings (SSSR count). The quantitative estimate of drug-likeness (QED) is 0.233. The molecule has 162 valence electrons. The average Bonchev–Trinajstić information content (AvgIpc) is 3.16. The summed E-state index contributed by atoms with van der Waals surface area (Å²) in [5.74, 6) is 3.21. The van der Waals surface area contributed by atoms with Crippen molar-refractivity contribution in [3.63, 3.8) is 0 Å². The Hall–Kier alpha value is -1.16. The molecule has 29 heavy (non-hydrogen) atoms. The van der Waals surface area contributed by atoms with Crippen molar-refractivity contribution in [1.29, 1.82) is 0 Å². The Morgan fingerprint density at radius 3 is 2.90 bits per heavy atom. The predicted molar refractivity (Wildman–Crippen MR) is 133 cm³/mol. The van der Waals surface area contributed by atoms with Crippen LogP contribution < -0.4 is 10.6 Å². The topological polar surface area (TPSA) is 67.1 Å². The molecule has 3 heterocycles. The summed E-state index contributed by atoms with van der Waals surface area (Å²) in [6, 6.07) is 4.77. The highest BCUT2D eigenvalue weighted by Crippen LogP contribution is 2.17. The average molecular weight is 531 g/mol. The maximum absolute atomic E-state index is 4.77. The molecule has 0 spiro atoms. The Labute approximate surface area is 196 Å². The number of rotatable bonds is 8. The van der Waals surface area contributed by atoms with Gasteiger partial charge >= 0.3 is 0 Å². The minimum Gasteiger partial charge on any atom is -0.357 e. The molecule has 1 aliphatic heterocycles. The van der Waals surface area contributed by atoms with E-state index < -0.39 is 0 Å². The van der Waals surface area contributed by atoms with E-state index in [9.17, 15) is 0 Å². The van der Waals surface area contributed by atoms with Crippen molar-refractivity contribution < 1.29 is 0 Å². The van der Waals surface area contributed by atoms with Gasteiger partial charge in [-0.1, -0.05) is 6.42 Å². The number of nitrogens with zero attached hydrogens (tertiary/aromatic N) is 4. The first-order valence-corrected chi connectivity index (χ1v) is 11.5. The van der Waals surface area contributed by atoms with Crippen LogP contribution in [0.2, 0.25) is 0 Å². The van der Waals surface area contributed by atoms with E-state index in [1.807, 2.05) is 11.3 Å². The standard InChI is InChI=1S/C21H34N6S.HI/c1-4-22-21(24-16(2)15-18-12-11-17(3)28-18)23-13-8-10-20-26-25-19-9-6-5-7-14-27(19)20;/h11-12,16H,4-10,13-15H2,1-3H3,(H2,22,23,24);1H. The smallest absolute Gasteiger partial charge is 0.191 e. The fraction of sp³-hybridized carbons (Fsp3) is 0.667. The summed E-state index contributed by atoms with van der Waals surface area (Å²) in [6.45, 7) is 9.22. The molecule has 1 atom stereocenters. The van der Waals surface area contributed by atoms with Gasteiger partial charge in [0, 0.05) is 54.7 Å². The molecule has 0 aliphatic carbocycles. The lowest BCUT2D eigenvalue weighted by atomic mass is 10.2. The maximum atomic E-state index is 4.77. The van der Waals surface area contributed by atoms with Gasteiger partial charge in [0.15, 0.2) is 5.96 Å². The Kier molecular flexibility index (Phi) is 10.4. The SMILES string of the molecule is CCNC(=NCCCc1nnc2n1CCCCC2)NC(C)Cc1ccc(C)s1.I. The summed E-state index contributed by atoms with van der Waals surface area (Å²) in [7, 11) is 0. The highest BCUT2D eigenvalue weighted by atomic mass is 127. The van der Waals surface area contributed by atoms with E-state index in [1.165, 1.54) is 34.8 Å². The largest absolute Gasteiger partial charge is 0.357 e. The normalized spacial score (nSPS) is 15.2. The third-order valence-corrected chi connectivity index (χ3v) is 6.07. The van der Waals surface area contributed by atoms with Crippen LogP contribution in [0.4, 0.5) is 0 Å². The van der Waals surface area contributed by atoms with Crippen LogP contribution in [0.5, 0.6) is 0 Å². The van der Waals surface area contributed by atoms with E-state index in [4.69, 9.17) is 4.99 Å². The van der Waals surface area contributed by atoms with E-state index >= 15 is 0 Å². The Morgan fingerprint density at radius 1 is 1.28 bits per heavy atom. The van der Waals surface area contributed by atoms with Crippen LogP contribution in [-0.2, 0) is 25.8 Å². The van der Waals surface area contributed by atoms with Crippen molar-refractivity contribution in [2.45, 2.75) is 78.3 Å². The Morgan fingerprint density at radius 2 is 2.14 bits per heavy atom. The first-order valence-electron chi connectivity index (χ1n) is 10.7. The lowest BCUT2D eigenvalue weighted by molar-refractivity contribution is 0.596. The second-order valence-corrected chi connectivity index (χ2v) is 8.99. The van der Waals surface area contributed by atoms with Gasteiger partial charge in [-0.15, -0.1) is 45.5 Å². The van der Waals surface area contributed by atoms with Gasteiger partial charge in [-0.05, 0) is 52.2 Å². The molecule has 0 radical (unpaired) electrons. The zero-order valence-corrected chi connectivity index (χ0v) is 21.1. The van der Waals surface area contributed by atoms with Gasteiger partial charge in [0.05, 0.1) is 0 Å². The van der Waals surface area contributed by atoms with Crippen LogP contribution in [0.25, 0.3) is 0 Å². The van der Waals surface area contributed by atoms with Gasteiger partial charge in [-0.25, -0.2) is 0 Å². The van der Waals surface area contributed by atoms with Gasteiger partial charge in [0.25, 0.3) is 0 Å². The number of hydrogen-bond acceptors (Lipinski definition) is 4. The van der Waals surface area contributed by atoms with Gasteiger partial charge in [-0.3, -0.25) is 4.99 Å². The molecule has 0 aromatic carbocycles. The van der Waals surface area contributed by atoms with Crippen molar-refractivity contribution in [3.05, 3.63) is 33.5 Å². The molecular formula is C21H35IN6S. The second-order valence-electron chi connectivity index (χ2n) is 7.62. The predicted octanol–water partition coefficient (Wildman–Crippen LogP) is 4.11. The minimum absolute atomic E-state index is 0. The number of guanidine groups is 1. The first-order chi connectivity index (χ1) is 13.7. The van der Waals surface area contributed by atoms with Crippen LogP contribution in [0.3, 0.4) is 0 Å². The summed E-state index contributed by atoms with van der Waals surface area (Å²) in [5.41, 5.74) is 0. The molecule has 0 saturated carbocycles. The lowest BCUT2D eigenvalue weighted by Gasteiger charge is -2.17. The summed E-state index contributed by atoms with van der Waals surface area (Å²) >= 11 is 1.87. The first kappa shape index (κ1) is 24.1. The third-order valence-electron chi connectivity index (χ3n) is 5.05. The zero-order chi connectivity index (χ0) is 19.8. The molecule has 2 aromatic rings. The van der Waals surface area contributed by atoms with Gasteiger partial charge < -0.3 is 15.2 Å². The molecule has 0 fully saturated rings. The summed E-state index contributed by atoms with van der Waals surface area (Å²) in [5, 5.41) is 15.7. The number of aryl methyl sites for hydroxylation is 3.